The van der Waals surface area contributed by atoms with Gasteiger partial charge in [-0.25, -0.2) is 13.1 Å². The van der Waals surface area contributed by atoms with Crippen LogP contribution in [0, 0.1) is 0 Å². The Morgan fingerprint density at radius 3 is 2.57 bits per heavy atom. The van der Waals surface area contributed by atoms with Crippen LogP contribution in [0.25, 0.3) is 0 Å². The lowest BCUT2D eigenvalue weighted by molar-refractivity contribution is -0.128. The highest BCUT2D eigenvalue weighted by Crippen LogP contribution is 2.09. The number of rotatable bonds is 5. The molecule has 0 spiro atoms. The van der Waals surface area contributed by atoms with Gasteiger partial charge >= 0.3 is 0 Å². The second kappa shape index (κ2) is 6.46. The first-order valence-corrected chi connectivity index (χ1v) is 8.32. The van der Waals surface area contributed by atoms with E-state index >= 15 is 0 Å². The fraction of sp³-hybridized carbons (Fsp3) is 0.417. The van der Waals surface area contributed by atoms with Crippen LogP contribution in [0.3, 0.4) is 0 Å². The number of nitrogens with two attached hydrogens (primary N) is 1. The minimum Gasteiger partial charge on any atom is -0.388 e. The molecule has 9 heteroatoms. The van der Waals surface area contributed by atoms with Gasteiger partial charge in [0, 0.05) is 19.3 Å². The van der Waals surface area contributed by atoms with Crippen molar-refractivity contribution in [2.45, 2.75) is 17.7 Å². The molecule has 1 saturated heterocycles. The van der Waals surface area contributed by atoms with Gasteiger partial charge in [0.05, 0.1) is 12.2 Å². The van der Waals surface area contributed by atoms with Gasteiger partial charge in [0.2, 0.25) is 15.9 Å². The number of nitrogens with zero attached hydrogens (tertiary/aromatic N) is 2. The Morgan fingerprint density at radius 2 is 2.05 bits per heavy atom. The molecule has 1 aliphatic rings. The predicted octanol–water partition coefficient (Wildman–Crippen LogP) is -0.383. The molecule has 1 aromatic rings. The monoisotopic (exact) mass is 328 g/mol. The zero-order chi connectivity index (χ0) is 15.5. The largest absolute Gasteiger partial charge is 0.388 e. The molecule has 21 heavy (non-hydrogen) atoms. The molecule has 0 atom stereocenters. The van der Waals surface area contributed by atoms with Crippen LogP contribution < -0.4 is 10.5 Å². The van der Waals surface area contributed by atoms with E-state index in [4.69, 9.17) is 18.0 Å². The summed E-state index contributed by atoms with van der Waals surface area (Å²) >= 11 is 4.75. The molecule has 2 heterocycles. The molecule has 0 bridgehead atoms. The molecule has 0 aliphatic carbocycles. The van der Waals surface area contributed by atoms with Crippen molar-refractivity contribution in [1.29, 1.82) is 0 Å². The zero-order valence-electron chi connectivity index (χ0n) is 11.3. The maximum atomic E-state index is 12.0. The van der Waals surface area contributed by atoms with Crippen molar-refractivity contribution in [2.75, 3.05) is 19.6 Å². The van der Waals surface area contributed by atoms with Crippen LogP contribution in [-0.4, -0.2) is 48.8 Å². The van der Waals surface area contributed by atoms with Crippen molar-refractivity contribution in [3.05, 3.63) is 24.0 Å². The number of thiocarbonyl (C=S) groups is 1. The van der Waals surface area contributed by atoms with E-state index < -0.39 is 10.0 Å². The molecule has 3 N–H and O–H groups in total. The summed E-state index contributed by atoms with van der Waals surface area (Å²) in [5.74, 6) is -0.219. The topological polar surface area (TPSA) is 105 Å². The summed E-state index contributed by atoms with van der Waals surface area (Å²) in [5, 5.41) is 0. The molecule has 1 aliphatic heterocycles. The Bertz CT molecular complexity index is 637. The van der Waals surface area contributed by atoms with Crippen molar-refractivity contribution in [1.82, 2.24) is 14.6 Å². The van der Waals surface area contributed by atoms with E-state index in [-0.39, 0.29) is 22.3 Å². The van der Waals surface area contributed by atoms with E-state index in [9.17, 15) is 13.2 Å². The quantitative estimate of drug-likeness (QED) is 0.714. The predicted molar refractivity (Wildman–Crippen MR) is 81.1 cm³/mol. The lowest BCUT2D eigenvalue weighted by Gasteiger charge is -2.15. The Labute approximate surface area is 128 Å². The smallest absolute Gasteiger partial charge is 0.242 e. The van der Waals surface area contributed by atoms with Crippen LogP contribution in [0.2, 0.25) is 0 Å². The maximum Gasteiger partial charge on any atom is 0.242 e. The van der Waals surface area contributed by atoms with E-state index in [2.05, 4.69) is 9.71 Å². The van der Waals surface area contributed by atoms with Gasteiger partial charge in [-0.15, -0.1) is 0 Å². The summed E-state index contributed by atoms with van der Waals surface area (Å²) in [4.78, 5) is 17.4. The Morgan fingerprint density at radius 1 is 1.38 bits per heavy atom. The lowest BCUT2D eigenvalue weighted by Crippen LogP contribution is -2.38. The van der Waals surface area contributed by atoms with Crippen LogP contribution in [0.4, 0.5) is 0 Å². The van der Waals surface area contributed by atoms with Crippen LogP contribution in [0.1, 0.15) is 18.5 Å². The molecule has 2 rings (SSSR count). The number of pyridine rings is 1. The van der Waals surface area contributed by atoms with Gasteiger partial charge in [-0.2, -0.15) is 0 Å². The second-order valence-corrected chi connectivity index (χ2v) is 6.86. The highest BCUT2D eigenvalue weighted by molar-refractivity contribution is 7.89. The molecule has 0 radical (unpaired) electrons. The van der Waals surface area contributed by atoms with Gasteiger partial charge in [-0.05, 0) is 25.0 Å². The van der Waals surface area contributed by atoms with Crippen LogP contribution in [0.15, 0.2) is 23.2 Å². The highest BCUT2D eigenvalue weighted by Gasteiger charge is 2.21. The Hall–Kier alpha value is -1.58. The SMILES string of the molecule is NC(=S)c1ccc(S(=O)(=O)NCC(=O)N2CCCC2)cn1. The second-order valence-electron chi connectivity index (χ2n) is 4.66. The number of aromatic nitrogens is 1. The molecule has 0 saturated carbocycles. The first-order chi connectivity index (χ1) is 9.90. The van der Waals surface area contributed by atoms with Crippen molar-refractivity contribution < 1.29 is 13.2 Å². The number of carbonyl (C=O) groups excluding carboxylic acids is 1. The van der Waals surface area contributed by atoms with Crippen molar-refractivity contribution >= 4 is 33.1 Å². The maximum absolute atomic E-state index is 12.0. The molecular formula is C12H16N4O3S2. The lowest BCUT2D eigenvalue weighted by atomic mass is 10.3. The van der Waals surface area contributed by atoms with E-state index in [1.54, 1.807) is 4.90 Å². The molecular weight excluding hydrogens is 312 g/mol. The summed E-state index contributed by atoms with van der Waals surface area (Å²) in [5.41, 5.74) is 5.74. The van der Waals surface area contributed by atoms with Gasteiger partial charge in [0.1, 0.15) is 9.88 Å². The Kier molecular flexibility index (Phi) is 4.86. The molecule has 0 aromatic carbocycles. The number of sulfonamides is 1. The van der Waals surface area contributed by atoms with Crippen molar-refractivity contribution in [3.63, 3.8) is 0 Å². The van der Waals surface area contributed by atoms with Crippen LogP contribution in [0.5, 0.6) is 0 Å². The third-order valence-corrected chi connectivity index (χ3v) is 4.77. The summed E-state index contributed by atoms with van der Waals surface area (Å²) < 4.78 is 26.4. The molecule has 1 fully saturated rings. The molecule has 1 amide bonds. The van der Waals surface area contributed by atoms with Gasteiger partial charge < -0.3 is 10.6 Å². The first kappa shape index (κ1) is 15.8. The summed E-state index contributed by atoms with van der Waals surface area (Å²) in [6.45, 7) is 1.12. The fourth-order valence-corrected chi connectivity index (χ4v) is 3.04. The number of likely N-dealkylation sites (tertiary alicyclic amines) is 1. The van der Waals surface area contributed by atoms with Crippen LogP contribution in [-0.2, 0) is 14.8 Å². The number of amides is 1. The number of hydrogen-bond donors (Lipinski definition) is 2. The average molecular weight is 328 g/mol. The normalized spacial score (nSPS) is 15.1. The third-order valence-electron chi connectivity index (χ3n) is 3.17. The van der Waals surface area contributed by atoms with Gasteiger partial charge in [-0.1, -0.05) is 12.2 Å². The molecule has 7 nitrogen and oxygen atoms in total. The first-order valence-electron chi connectivity index (χ1n) is 6.43. The van der Waals surface area contributed by atoms with Crippen LogP contribution >= 0.6 is 12.2 Å². The zero-order valence-corrected chi connectivity index (χ0v) is 12.9. The summed E-state index contributed by atoms with van der Waals surface area (Å²) in [7, 11) is -3.77. The van der Waals surface area contributed by atoms with E-state index in [1.807, 2.05) is 0 Å². The standard InChI is InChI=1S/C12H16N4O3S2/c13-12(20)10-4-3-9(7-14-10)21(18,19)15-8-11(17)16-5-1-2-6-16/h3-4,7,15H,1-2,5-6,8H2,(H2,13,20). The minimum absolute atomic E-state index is 0.0308. The van der Waals surface area contributed by atoms with Crippen molar-refractivity contribution in [3.8, 4) is 0 Å². The number of carbonyl (C=O) groups is 1. The minimum atomic E-state index is -3.77. The summed E-state index contributed by atoms with van der Waals surface area (Å²) in [6.07, 6.45) is 3.09. The molecule has 114 valence electrons. The van der Waals surface area contributed by atoms with Gasteiger partial charge in [-0.3, -0.25) is 9.78 Å². The van der Waals surface area contributed by atoms with E-state index in [1.165, 1.54) is 12.1 Å². The Balaban J connectivity index is 2.00. The van der Waals surface area contributed by atoms with Crippen molar-refractivity contribution in [2.24, 2.45) is 5.73 Å². The molecule has 1 aromatic heterocycles. The van der Waals surface area contributed by atoms with E-state index in [0.717, 1.165) is 19.0 Å². The molecule has 0 unspecified atom stereocenters. The number of nitrogens with one attached hydrogen (secondary N) is 1. The van der Waals surface area contributed by atoms with E-state index in [0.29, 0.717) is 18.8 Å². The fourth-order valence-electron chi connectivity index (χ4n) is 2.00. The van der Waals surface area contributed by atoms with Gasteiger partial charge in [0.15, 0.2) is 0 Å². The highest BCUT2D eigenvalue weighted by atomic mass is 32.2. The van der Waals surface area contributed by atoms with Gasteiger partial charge in [0.25, 0.3) is 0 Å². The average Bonchev–Trinajstić information content (AvgIpc) is 2.99. The third kappa shape index (κ3) is 3.96. The number of hydrogen-bond acceptors (Lipinski definition) is 5. The summed E-state index contributed by atoms with van der Waals surface area (Å²) in [6, 6.07) is 2.78.